The number of hydrogen-bond acceptors (Lipinski definition) is 3. The standard InChI is InChI=1S/C9H12N2O2S/c1-2-6-3-8(9(12)13)10-11(6)7-4-14-5-7/h3,7H,2,4-5H2,1H3,(H,12,13). The molecular formula is C9H12N2O2S. The van der Waals surface area contributed by atoms with E-state index in [0.29, 0.717) is 6.04 Å². The second kappa shape index (κ2) is 3.65. The van der Waals surface area contributed by atoms with Crippen molar-refractivity contribution in [2.24, 2.45) is 0 Å². The van der Waals surface area contributed by atoms with E-state index in [9.17, 15) is 4.79 Å². The van der Waals surface area contributed by atoms with E-state index in [1.807, 2.05) is 23.4 Å². The van der Waals surface area contributed by atoms with Gasteiger partial charge in [0.05, 0.1) is 6.04 Å². The molecule has 1 fully saturated rings. The molecular weight excluding hydrogens is 200 g/mol. The molecule has 1 aliphatic rings. The normalized spacial score (nSPS) is 16.6. The predicted octanol–water partition coefficient (Wildman–Crippen LogP) is 1.43. The average molecular weight is 212 g/mol. The first-order chi connectivity index (χ1) is 6.72. The quantitative estimate of drug-likeness (QED) is 0.823. The van der Waals surface area contributed by atoms with E-state index in [0.717, 1.165) is 23.6 Å². The average Bonchev–Trinajstić information content (AvgIpc) is 2.45. The first kappa shape index (κ1) is 9.58. The highest BCUT2D eigenvalue weighted by molar-refractivity contribution is 8.00. The van der Waals surface area contributed by atoms with Crippen LogP contribution in [0.3, 0.4) is 0 Å². The molecule has 0 amide bonds. The zero-order valence-corrected chi connectivity index (χ0v) is 8.75. The van der Waals surface area contributed by atoms with Crippen molar-refractivity contribution < 1.29 is 9.90 Å². The number of hydrogen-bond donors (Lipinski definition) is 1. The fraction of sp³-hybridized carbons (Fsp3) is 0.556. The van der Waals surface area contributed by atoms with Crippen molar-refractivity contribution in [1.82, 2.24) is 9.78 Å². The van der Waals surface area contributed by atoms with E-state index in [1.54, 1.807) is 6.07 Å². The van der Waals surface area contributed by atoms with Gasteiger partial charge in [0.2, 0.25) is 0 Å². The lowest BCUT2D eigenvalue weighted by Crippen LogP contribution is -2.25. The van der Waals surface area contributed by atoms with E-state index in [-0.39, 0.29) is 5.69 Å². The lowest BCUT2D eigenvalue weighted by molar-refractivity contribution is 0.0689. The van der Waals surface area contributed by atoms with E-state index < -0.39 is 5.97 Å². The van der Waals surface area contributed by atoms with Crippen molar-refractivity contribution in [3.05, 3.63) is 17.5 Å². The van der Waals surface area contributed by atoms with Crippen LogP contribution >= 0.6 is 11.8 Å². The van der Waals surface area contributed by atoms with Crippen molar-refractivity contribution in [3.8, 4) is 0 Å². The maximum atomic E-state index is 10.7. The number of carboxylic acid groups (broad SMARTS) is 1. The molecule has 0 spiro atoms. The minimum atomic E-state index is -0.939. The highest BCUT2D eigenvalue weighted by Gasteiger charge is 2.24. The van der Waals surface area contributed by atoms with Crippen LogP contribution in [0, 0.1) is 0 Å². The highest BCUT2D eigenvalue weighted by Crippen LogP contribution is 2.30. The van der Waals surface area contributed by atoms with Crippen LogP contribution in [-0.4, -0.2) is 32.4 Å². The summed E-state index contributed by atoms with van der Waals surface area (Å²) in [6.07, 6.45) is 0.835. The molecule has 0 saturated carbocycles. The molecule has 5 heteroatoms. The van der Waals surface area contributed by atoms with E-state index in [1.165, 1.54) is 0 Å². The van der Waals surface area contributed by atoms with Crippen LogP contribution in [0.2, 0.25) is 0 Å². The Kier molecular flexibility index (Phi) is 2.50. The van der Waals surface area contributed by atoms with Gasteiger partial charge in [0, 0.05) is 17.2 Å². The van der Waals surface area contributed by atoms with E-state index >= 15 is 0 Å². The first-order valence-corrected chi connectivity index (χ1v) is 5.77. The van der Waals surface area contributed by atoms with Crippen LogP contribution in [0.4, 0.5) is 0 Å². The molecule has 1 saturated heterocycles. The van der Waals surface area contributed by atoms with Gasteiger partial charge < -0.3 is 5.11 Å². The second-order valence-corrected chi connectivity index (χ2v) is 4.39. The Labute approximate surface area is 86.3 Å². The molecule has 0 atom stereocenters. The lowest BCUT2D eigenvalue weighted by atomic mass is 10.3. The summed E-state index contributed by atoms with van der Waals surface area (Å²) in [4.78, 5) is 10.7. The molecule has 2 rings (SSSR count). The number of aryl methyl sites for hydroxylation is 1. The van der Waals surface area contributed by atoms with Gasteiger partial charge in [0.1, 0.15) is 0 Å². The number of thioether (sulfide) groups is 1. The molecule has 0 radical (unpaired) electrons. The van der Waals surface area contributed by atoms with Crippen LogP contribution in [0.1, 0.15) is 29.1 Å². The minimum absolute atomic E-state index is 0.166. The van der Waals surface area contributed by atoms with Gasteiger partial charge in [-0.15, -0.1) is 0 Å². The molecule has 1 N–H and O–H groups in total. The van der Waals surface area contributed by atoms with Gasteiger partial charge in [-0.1, -0.05) is 6.92 Å². The van der Waals surface area contributed by atoms with Crippen molar-refractivity contribution >= 4 is 17.7 Å². The van der Waals surface area contributed by atoms with Crippen molar-refractivity contribution in [3.63, 3.8) is 0 Å². The van der Waals surface area contributed by atoms with Crippen LogP contribution in [0.5, 0.6) is 0 Å². The topological polar surface area (TPSA) is 55.1 Å². The van der Waals surface area contributed by atoms with E-state index in [2.05, 4.69) is 5.10 Å². The summed E-state index contributed by atoms with van der Waals surface area (Å²) in [6, 6.07) is 2.08. The van der Waals surface area contributed by atoms with E-state index in [4.69, 9.17) is 5.11 Å². The molecule has 0 unspecified atom stereocenters. The van der Waals surface area contributed by atoms with Gasteiger partial charge in [0.25, 0.3) is 0 Å². The number of carbonyl (C=O) groups is 1. The van der Waals surface area contributed by atoms with Crippen LogP contribution < -0.4 is 0 Å². The summed E-state index contributed by atoms with van der Waals surface area (Å²) in [5, 5.41) is 12.9. The van der Waals surface area contributed by atoms with Crippen LogP contribution in [0.15, 0.2) is 6.07 Å². The summed E-state index contributed by atoms with van der Waals surface area (Å²) >= 11 is 1.87. The third-order valence-corrected chi connectivity index (χ3v) is 3.60. The molecule has 1 aromatic heterocycles. The summed E-state index contributed by atoms with van der Waals surface area (Å²) in [6.45, 7) is 2.02. The SMILES string of the molecule is CCc1cc(C(=O)O)nn1C1CSC1. The molecule has 0 aliphatic carbocycles. The number of aromatic nitrogens is 2. The maximum absolute atomic E-state index is 10.7. The van der Waals surface area contributed by atoms with Gasteiger partial charge >= 0.3 is 5.97 Å². The first-order valence-electron chi connectivity index (χ1n) is 4.62. The van der Waals surface area contributed by atoms with Gasteiger partial charge in [-0.2, -0.15) is 16.9 Å². The van der Waals surface area contributed by atoms with Crippen LogP contribution in [-0.2, 0) is 6.42 Å². The zero-order valence-electron chi connectivity index (χ0n) is 7.93. The van der Waals surface area contributed by atoms with Gasteiger partial charge in [-0.3, -0.25) is 4.68 Å². The largest absolute Gasteiger partial charge is 0.476 e. The van der Waals surface area contributed by atoms with Gasteiger partial charge in [-0.05, 0) is 12.5 Å². The van der Waals surface area contributed by atoms with Crippen molar-refractivity contribution in [2.75, 3.05) is 11.5 Å². The second-order valence-electron chi connectivity index (χ2n) is 3.32. The highest BCUT2D eigenvalue weighted by atomic mass is 32.2. The Morgan fingerprint density at radius 2 is 2.50 bits per heavy atom. The number of nitrogens with zero attached hydrogens (tertiary/aromatic N) is 2. The molecule has 0 aromatic carbocycles. The van der Waals surface area contributed by atoms with Crippen molar-refractivity contribution in [1.29, 1.82) is 0 Å². The Balaban J connectivity index is 2.31. The summed E-state index contributed by atoms with van der Waals surface area (Å²) < 4.78 is 1.87. The fourth-order valence-electron chi connectivity index (χ4n) is 1.48. The Morgan fingerprint density at radius 1 is 1.79 bits per heavy atom. The molecule has 14 heavy (non-hydrogen) atoms. The third-order valence-electron chi connectivity index (χ3n) is 2.36. The number of aromatic carboxylic acids is 1. The van der Waals surface area contributed by atoms with Crippen LogP contribution in [0.25, 0.3) is 0 Å². The van der Waals surface area contributed by atoms with Gasteiger partial charge in [-0.25, -0.2) is 4.79 Å². The molecule has 76 valence electrons. The summed E-state index contributed by atoms with van der Waals surface area (Å²) in [7, 11) is 0. The smallest absolute Gasteiger partial charge is 0.356 e. The molecule has 0 bridgehead atoms. The maximum Gasteiger partial charge on any atom is 0.356 e. The Morgan fingerprint density at radius 3 is 2.93 bits per heavy atom. The molecule has 1 aromatic rings. The summed E-state index contributed by atoms with van der Waals surface area (Å²) in [5.41, 5.74) is 1.19. The predicted molar refractivity (Wildman–Crippen MR) is 54.9 cm³/mol. The number of rotatable bonds is 3. The summed E-state index contributed by atoms with van der Waals surface area (Å²) in [5.74, 6) is 1.16. The van der Waals surface area contributed by atoms with Gasteiger partial charge in [0.15, 0.2) is 5.69 Å². The minimum Gasteiger partial charge on any atom is -0.476 e. The Hall–Kier alpha value is -0.970. The zero-order chi connectivity index (χ0) is 10.1. The fourth-order valence-corrected chi connectivity index (χ4v) is 2.21. The third kappa shape index (κ3) is 1.52. The molecule has 4 nitrogen and oxygen atoms in total. The van der Waals surface area contributed by atoms with Crippen molar-refractivity contribution in [2.45, 2.75) is 19.4 Å². The lowest BCUT2D eigenvalue weighted by Gasteiger charge is -2.26. The molecule has 1 aliphatic heterocycles. The molecule has 2 heterocycles. The monoisotopic (exact) mass is 212 g/mol. The Bertz CT molecular complexity index is 358. The number of carboxylic acids is 1.